The Morgan fingerprint density at radius 3 is 2.72 bits per heavy atom. The lowest BCUT2D eigenvalue weighted by Gasteiger charge is -2.05. The van der Waals surface area contributed by atoms with Crippen LogP contribution in [0.2, 0.25) is 0 Å². The maximum Gasteiger partial charge on any atom is 0.252 e. The molecule has 0 saturated carbocycles. The second-order valence-corrected chi connectivity index (χ2v) is 6.00. The average Bonchev–Trinajstić information content (AvgIpc) is 3.18. The molecular formula is C18H21N5O2. The smallest absolute Gasteiger partial charge is 0.252 e. The maximum atomic E-state index is 12.2. The van der Waals surface area contributed by atoms with Crippen LogP contribution in [0.4, 0.5) is 0 Å². The van der Waals surface area contributed by atoms with Crippen molar-refractivity contribution in [1.29, 1.82) is 0 Å². The van der Waals surface area contributed by atoms with Crippen molar-refractivity contribution < 1.29 is 9.32 Å². The SMILES string of the molecule is Cc1noc(C)c1CCCNC(=O)c1ccc(-c2cnn(C)c2)nc1. The summed E-state index contributed by atoms with van der Waals surface area (Å²) in [5.41, 5.74) is 4.30. The third-order valence-electron chi connectivity index (χ3n) is 4.10. The lowest BCUT2D eigenvalue weighted by molar-refractivity contribution is 0.0953. The predicted octanol–water partition coefficient (Wildman–Crippen LogP) is 2.45. The summed E-state index contributed by atoms with van der Waals surface area (Å²) in [5, 5.41) is 11.0. The quantitative estimate of drug-likeness (QED) is 0.697. The van der Waals surface area contributed by atoms with Crippen LogP contribution in [0.5, 0.6) is 0 Å². The van der Waals surface area contributed by atoms with Crippen molar-refractivity contribution in [2.75, 3.05) is 6.54 Å². The van der Waals surface area contributed by atoms with Crippen molar-refractivity contribution in [2.24, 2.45) is 7.05 Å². The highest BCUT2D eigenvalue weighted by Gasteiger charge is 2.10. The van der Waals surface area contributed by atoms with E-state index in [0.29, 0.717) is 12.1 Å². The highest BCUT2D eigenvalue weighted by atomic mass is 16.5. The lowest BCUT2D eigenvalue weighted by Crippen LogP contribution is -2.24. The summed E-state index contributed by atoms with van der Waals surface area (Å²) >= 11 is 0. The molecule has 0 aliphatic heterocycles. The van der Waals surface area contributed by atoms with Gasteiger partial charge in [-0.05, 0) is 38.8 Å². The molecule has 0 radical (unpaired) electrons. The minimum Gasteiger partial charge on any atom is -0.361 e. The summed E-state index contributed by atoms with van der Waals surface area (Å²) in [6.45, 7) is 4.43. The molecule has 0 fully saturated rings. The molecule has 0 aromatic carbocycles. The Bertz CT molecular complexity index is 844. The largest absolute Gasteiger partial charge is 0.361 e. The van der Waals surface area contributed by atoms with Gasteiger partial charge in [0.25, 0.3) is 5.91 Å². The molecule has 0 spiro atoms. The topological polar surface area (TPSA) is 85.8 Å². The summed E-state index contributed by atoms with van der Waals surface area (Å²) in [7, 11) is 1.86. The van der Waals surface area contributed by atoms with Crippen LogP contribution in [0.15, 0.2) is 35.2 Å². The van der Waals surface area contributed by atoms with Gasteiger partial charge in [-0.1, -0.05) is 5.16 Å². The van der Waals surface area contributed by atoms with Gasteiger partial charge < -0.3 is 9.84 Å². The van der Waals surface area contributed by atoms with E-state index >= 15 is 0 Å². The highest BCUT2D eigenvalue weighted by Crippen LogP contribution is 2.16. The van der Waals surface area contributed by atoms with E-state index in [-0.39, 0.29) is 5.91 Å². The monoisotopic (exact) mass is 339 g/mol. The second-order valence-electron chi connectivity index (χ2n) is 6.00. The van der Waals surface area contributed by atoms with Gasteiger partial charge in [0.15, 0.2) is 0 Å². The first-order chi connectivity index (χ1) is 12.0. The Morgan fingerprint density at radius 1 is 1.28 bits per heavy atom. The van der Waals surface area contributed by atoms with E-state index in [1.165, 1.54) is 0 Å². The van der Waals surface area contributed by atoms with E-state index in [9.17, 15) is 4.79 Å². The van der Waals surface area contributed by atoms with E-state index < -0.39 is 0 Å². The molecule has 7 nitrogen and oxygen atoms in total. The van der Waals surface area contributed by atoms with Crippen LogP contribution in [0.25, 0.3) is 11.3 Å². The van der Waals surface area contributed by atoms with Gasteiger partial charge >= 0.3 is 0 Å². The van der Waals surface area contributed by atoms with Gasteiger partial charge in [-0.3, -0.25) is 14.5 Å². The number of aryl methyl sites for hydroxylation is 3. The zero-order valence-electron chi connectivity index (χ0n) is 14.6. The van der Waals surface area contributed by atoms with Crippen LogP contribution in [-0.4, -0.2) is 32.4 Å². The Labute approximate surface area is 146 Å². The molecule has 3 rings (SSSR count). The molecule has 0 aliphatic rings. The molecule has 25 heavy (non-hydrogen) atoms. The highest BCUT2D eigenvalue weighted by molar-refractivity contribution is 5.94. The zero-order valence-corrected chi connectivity index (χ0v) is 14.6. The standard InChI is InChI=1S/C18H21N5O2/c1-12-16(13(2)25-22-12)5-4-8-19-18(24)14-6-7-17(20-9-14)15-10-21-23(3)11-15/h6-7,9-11H,4-5,8H2,1-3H3,(H,19,24). The Morgan fingerprint density at radius 2 is 2.12 bits per heavy atom. The number of pyridine rings is 1. The number of amides is 1. The number of carbonyl (C=O) groups is 1. The zero-order chi connectivity index (χ0) is 17.8. The third-order valence-corrected chi connectivity index (χ3v) is 4.10. The van der Waals surface area contributed by atoms with Gasteiger partial charge in [-0.2, -0.15) is 5.10 Å². The predicted molar refractivity (Wildman–Crippen MR) is 93.1 cm³/mol. The van der Waals surface area contributed by atoms with Crippen LogP contribution in [0.1, 0.15) is 33.8 Å². The Kier molecular flexibility index (Phi) is 4.92. The fourth-order valence-electron chi connectivity index (χ4n) is 2.68. The first-order valence-electron chi connectivity index (χ1n) is 8.19. The van der Waals surface area contributed by atoms with Crippen molar-refractivity contribution in [3.05, 3.63) is 53.3 Å². The minimum absolute atomic E-state index is 0.121. The number of nitrogens with zero attached hydrogens (tertiary/aromatic N) is 4. The Hall–Kier alpha value is -2.96. The molecule has 130 valence electrons. The normalized spacial score (nSPS) is 10.8. The van der Waals surface area contributed by atoms with Crippen molar-refractivity contribution in [2.45, 2.75) is 26.7 Å². The van der Waals surface area contributed by atoms with Crippen molar-refractivity contribution in [1.82, 2.24) is 25.2 Å². The number of rotatable bonds is 6. The molecular weight excluding hydrogens is 318 g/mol. The van der Waals surface area contributed by atoms with Gasteiger partial charge in [-0.15, -0.1) is 0 Å². The van der Waals surface area contributed by atoms with Crippen LogP contribution in [0, 0.1) is 13.8 Å². The van der Waals surface area contributed by atoms with Crippen LogP contribution in [-0.2, 0) is 13.5 Å². The number of aromatic nitrogens is 4. The number of hydrogen-bond donors (Lipinski definition) is 1. The van der Waals surface area contributed by atoms with Gasteiger partial charge in [0.1, 0.15) is 5.76 Å². The van der Waals surface area contributed by atoms with Crippen molar-refractivity contribution >= 4 is 5.91 Å². The molecule has 0 saturated heterocycles. The van der Waals surface area contributed by atoms with Gasteiger partial charge in [-0.25, -0.2) is 0 Å². The number of nitrogens with one attached hydrogen (secondary N) is 1. The Balaban J connectivity index is 1.51. The van der Waals surface area contributed by atoms with Gasteiger partial charge in [0.05, 0.1) is 23.1 Å². The molecule has 1 N–H and O–H groups in total. The van der Waals surface area contributed by atoms with E-state index in [1.54, 1.807) is 23.1 Å². The number of carbonyl (C=O) groups excluding carboxylic acids is 1. The summed E-state index contributed by atoms with van der Waals surface area (Å²) in [4.78, 5) is 16.5. The van der Waals surface area contributed by atoms with Crippen LogP contribution >= 0.6 is 0 Å². The molecule has 0 unspecified atom stereocenters. The second kappa shape index (κ2) is 7.29. The molecule has 3 heterocycles. The van der Waals surface area contributed by atoms with Gasteiger partial charge in [0.2, 0.25) is 0 Å². The fourth-order valence-corrected chi connectivity index (χ4v) is 2.68. The maximum absolute atomic E-state index is 12.2. The van der Waals surface area contributed by atoms with Gasteiger partial charge in [0, 0.05) is 37.1 Å². The summed E-state index contributed by atoms with van der Waals surface area (Å²) < 4.78 is 6.86. The van der Waals surface area contributed by atoms with Crippen molar-refractivity contribution in [3.63, 3.8) is 0 Å². The van der Waals surface area contributed by atoms with Crippen LogP contribution in [0.3, 0.4) is 0 Å². The molecule has 0 bridgehead atoms. The van der Waals surface area contributed by atoms with E-state index in [4.69, 9.17) is 4.52 Å². The summed E-state index contributed by atoms with van der Waals surface area (Å²) in [6.07, 6.45) is 6.88. The first-order valence-corrected chi connectivity index (χ1v) is 8.19. The lowest BCUT2D eigenvalue weighted by atomic mass is 10.1. The molecule has 3 aromatic rings. The van der Waals surface area contributed by atoms with E-state index in [2.05, 4.69) is 20.6 Å². The van der Waals surface area contributed by atoms with E-state index in [0.717, 1.165) is 41.1 Å². The molecule has 0 aliphatic carbocycles. The van der Waals surface area contributed by atoms with Crippen LogP contribution < -0.4 is 5.32 Å². The van der Waals surface area contributed by atoms with Crippen molar-refractivity contribution in [3.8, 4) is 11.3 Å². The van der Waals surface area contributed by atoms with E-state index in [1.807, 2.05) is 33.2 Å². The number of hydrogen-bond acceptors (Lipinski definition) is 5. The molecule has 3 aromatic heterocycles. The average molecular weight is 339 g/mol. The summed E-state index contributed by atoms with van der Waals surface area (Å²) in [6, 6.07) is 3.61. The third kappa shape index (κ3) is 3.93. The molecule has 1 amide bonds. The fraction of sp³-hybridized carbons (Fsp3) is 0.333. The first kappa shape index (κ1) is 16.9. The molecule has 7 heteroatoms. The molecule has 0 atom stereocenters. The minimum atomic E-state index is -0.121. The summed E-state index contributed by atoms with van der Waals surface area (Å²) in [5.74, 6) is 0.725.